The summed E-state index contributed by atoms with van der Waals surface area (Å²) in [6, 6.07) is 8.96. The summed E-state index contributed by atoms with van der Waals surface area (Å²) < 4.78 is 22.3. The fourth-order valence-corrected chi connectivity index (χ4v) is 2.94. The first kappa shape index (κ1) is 19.9. The van der Waals surface area contributed by atoms with Crippen LogP contribution in [0.1, 0.15) is 47.6 Å². The van der Waals surface area contributed by atoms with Crippen molar-refractivity contribution in [2.24, 2.45) is 0 Å². The molecule has 150 valence electrons. The molecule has 2 heterocycles. The van der Waals surface area contributed by atoms with Gasteiger partial charge in [0.25, 0.3) is 5.91 Å². The van der Waals surface area contributed by atoms with Crippen molar-refractivity contribution in [3.63, 3.8) is 0 Å². The molecule has 1 amide bonds. The molecule has 0 bridgehead atoms. The van der Waals surface area contributed by atoms with Crippen LogP contribution in [0.3, 0.4) is 0 Å². The molecule has 0 saturated carbocycles. The molecule has 0 saturated heterocycles. The third kappa shape index (κ3) is 4.72. The molecule has 1 aliphatic rings. The van der Waals surface area contributed by atoms with E-state index >= 15 is 0 Å². The molecule has 1 aromatic carbocycles. The summed E-state index contributed by atoms with van der Waals surface area (Å²) in [5.41, 5.74) is -0.138. The van der Waals surface area contributed by atoms with Crippen LogP contribution < -0.4 is 20.4 Å². The first-order valence-corrected chi connectivity index (χ1v) is 9.49. The standard InChI is InChI=1S/C21H25NO6/c1-3-10-25-11-6-9-22-20(23)19-14(2)12-17(28-21(19)24)18-13-26-15-7-4-5-8-16(15)27-18/h4-5,7-8,12,18H,3,6,9-11,13H2,1-2H3,(H,22,23). The molecule has 0 spiro atoms. The number of fused-ring (bicyclic) bond motifs is 1. The molecule has 0 radical (unpaired) electrons. The average molecular weight is 387 g/mol. The largest absolute Gasteiger partial charge is 0.485 e. The number of nitrogens with one attached hydrogen (secondary N) is 1. The van der Waals surface area contributed by atoms with Gasteiger partial charge in [-0.05, 0) is 43.5 Å². The number of amides is 1. The third-order valence-corrected chi connectivity index (χ3v) is 4.32. The van der Waals surface area contributed by atoms with Gasteiger partial charge in [-0.3, -0.25) is 4.79 Å². The Labute approximate surface area is 163 Å². The maximum atomic E-state index is 12.4. The lowest BCUT2D eigenvalue weighted by molar-refractivity contribution is 0.0721. The Kier molecular flexibility index (Phi) is 6.71. The Morgan fingerprint density at radius 1 is 1.25 bits per heavy atom. The van der Waals surface area contributed by atoms with Crippen LogP contribution in [0.25, 0.3) is 0 Å². The van der Waals surface area contributed by atoms with Gasteiger partial charge in [0, 0.05) is 19.8 Å². The summed E-state index contributed by atoms with van der Waals surface area (Å²) in [4.78, 5) is 24.8. The number of carbonyl (C=O) groups is 1. The summed E-state index contributed by atoms with van der Waals surface area (Å²) in [6.07, 6.45) is 1.09. The summed E-state index contributed by atoms with van der Waals surface area (Å²) >= 11 is 0. The monoisotopic (exact) mass is 387 g/mol. The number of rotatable bonds is 8. The zero-order valence-electron chi connectivity index (χ0n) is 16.2. The average Bonchev–Trinajstić information content (AvgIpc) is 2.69. The van der Waals surface area contributed by atoms with Crippen LogP contribution in [0.5, 0.6) is 11.5 Å². The molecule has 1 aliphatic heterocycles. The summed E-state index contributed by atoms with van der Waals surface area (Å²) in [5, 5.41) is 2.73. The number of carbonyl (C=O) groups excluding carboxylic acids is 1. The van der Waals surface area contributed by atoms with Crippen molar-refractivity contribution in [3.8, 4) is 11.5 Å². The summed E-state index contributed by atoms with van der Waals surface area (Å²) in [5.74, 6) is 1.13. The minimum atomic E-state index is -0.683. The van der Waals surface area contributed by atoms with Gasteiger partial charge in [-0.25, -0.2) is 4.79 Å². The topological polar surface area (TPSA) is 87.0 Å². The van der Waals surface area contributed by atoms with Crippen LogP contribution in [-0.4, -0.2) is 32.3 Å². The molecule has 7 nitrogen and oxygen atoms in total. The number of benzene rings is 1. The van der Waals surface area contributed by atoms with Gasteiger partial charge in [0.2, 0.25) is 0 Å². The highest BCUT2D eigenvalue weighted by Crippen LogP contribution is 2.35. The number of hydrogen-bond donors (Lipinski definition) is 1. The van der Waals surface area contributed by atoms with E-state index in [2.05, 4.69) is 5.32 Å². The second-order valence-corrected chi connectivity index (χ2v) is 6.58. The quantitative estimate of drug-likeness (QED) is 0.701. The van der Waals surface area contributed by atoms with Gasteiger partial charge in [0.05, 0.1) is 0 Å². The molecule has 0 fully saturated rings. The minimum Gasteiger partial charge on any atom is -0.485 e. The molecule has 1 unspecified atom stereocenters. The third-order valence-electron chi connectivity index (χ3n) is 4.32. The number of hydrogen-bond acceptors (Lipinski definition) is 6. The second-order valence-electron chi connectivity index (χ2n) is 6.58. The van der Waals surface area contributed by atoms with Crippen LogP contribution in [0.15, 0.2) is 39.5 Å². The molecule has 2 aromatic rings. The van der Waals surface area contributed by atoms with Crippen molar-refractivity contribution in [2.45, 2.75) is 32.8 Å². The van der Waals surface area contributed by atoms with Crippen molar-refractivity contribution in [2.75, 3.05) is 26.4 Å². The highest BCUT2D eigenvalue weighted by molar-refractivity contribution is 5.95. The predicted octanol–water partition coefficient (Wildman–Crippen LogP) is 3.01. The maximum absolute atomic E-state index is 12.4. The van der Waals surface area contributed by atoms with Crippen LogP contribution >= 0.6 is 0 Å². The molecular formula is C21H25NO6. The first-order chi connectivity index (χ1) is 13.6. The smallest absolute Gasteiger partial charge is 0.349 e. The summed E-state index contributed by atoms with van der Waals surface area (Å²) in [6.45, 7) is 5.67. The molecule has 7 heteroatoms. The zero-order chi connectivity index (χ0) is 19.9. The summed E-state index contributed by atoms with van der Waals surface area (Å²) in [7, 11) is 0. The lowest BCUT2D eigenvalue weighted by Gasteiger charge is -2.25. The molecule has 28 heavy (non-hydrogen) atoms. The van der Waals surface area contributed by atoms with E-state index in [-0.39, 0.29) is 12.2 Å². The van der Waals surface area contributed by atoms with Crippen LogP contribution in [0.2, 0.25) is 0 Å². The number of aryl methyl sites for hydroxylation is 1. The zero-order valence-corrected chi connectivity index (χ0v) is 16.2. The minimum absolute atomic E-state index is 0.00959. The van der Waals surface area contributed by atoms with E-state index in [9.17, 15) is 9.59 Å². The Hall–Kier alpha value is -2.80. The highest BCUT2D eigenvalue weighted by atomic mass is 16.6. The Bertz CT molecular complexity index is 875. The normalized spacial score (nSPS) is 15.3. The number of para-hydroxylation sites is 2. The molecule has 0 aliphatic carbocycles. The van der Waals surface area contributed by atoms with Crippen LogP contribution in [0.4, 0.5) is 0 Å². The van der Waals surface area contributed by atoms with E-state index in [1.807, 2.05) is 25.1 Å². The van der Waals surface area contributed by atoms with E-state index < -0.39 is 17.6 Å². The Morgan fingerprint density at radius 3 is 2.79 bits per heavy atom. The highest BCUT2D eigenvalue weighted by Gasteiger charge is 2.26. The first-order valence-electron chi connectivity index (χ1n) is 9.49. The van der Waals surface area contributed by atoms with Gasteiger partial charge in [-0.1, -0.05) is 19.1 Å². The fourth-order valence-electron chi connectivity index (χ4n) is 2.94. The maximum Gasteiger partial charge on any atom is 0.349 e. The molecular weight excluding hydrogens is 362 g/mol. The SMILES string of the molecule is CCCOCCCNC(=O)c1c(C)cc(C2COc3ccccc3O2)oc1=O. The fraction of sp³-hybridized carbons (Fsp3) is 0.429. The number of ether oxygens (including phenoxy) is 3. The van der Waals surface area contributed by atoms with Gasteiger partial charge in [0.15, 0.2) is 23.4 Å². The van der Waals surface area contributed by atoms with Gasteiger partial charge in [0.1, 0.15) is 12.2 Å². The Balaban J connectivity index is 1.65. The molecule has 1 atom stereocenters. The van der Waals surface area contributed by atoms with E-state index in [1.165, 1.54) is 0 Å². The van der Waals surface area contributed by atoms with Crippen molar-refractivity contribution < 1.29 is 23.4 Å². The van der Waals surface area contributed by atoms with Crippen molar-refractivity contribution in [3.05, 3.63) is 57.6 Å². The van der Waals surface area contributed by atoms with Crippen molar-refractivity contribution in [1.29, 1.82) is 0 Å². The second kappa shape index (κ2) is 9.41. The van der Waals surface area contributed by atoms with E-state index in [0.29, 0.717) is 49.0 Å². The van der Waals surface area contributed by atoms with Crippen LogP contribution in [-0.2, 0) is 4.74 Å². The van der Waals surface area contributed by atoms with Gasteiger partial charge in [-0.15, -0.1) is 0 Å². The molecule has 1 aromatic heterocycles. The Morgan fingerprint density at radius 2 is 2.04 bits per heavy atom. The van der Waals surface area contributed by atoms with Gasteiger partial charge < -0.3 is 23.9 Å². The van der Waals surface area contributed by atoms with Crippen LogP contribution in [0, 0.1) is 6.92 Å². The van der Waals surface area contributed by atoms with E-state index in [1.54, 1.807) is 19.1 Å². The molecule has 1 N–H and O–H groups in total. The lowest BCUT2D eigenvalue weighted by atomic mass is 10.1. The lowest BCUT2D eigenvalue weighted by Crippen LogP contribution is -2.31. The predicted molar refractivity (Wildman–Crippen MR) is 103 cm³/mol. The molecule has 3 rings (SSSR count). The van der Waals surface area contributed by atoms with Gasteiger partial charge >= 0.3 is 5.63 Å². The van der Waals surface area contributed by atoms with Crippen molar-refractivity contribution >= 4 is 5.91 Å². The van der Waals surface area contributed by atoms with Gasteiger partial charge in [-0.2, -0.15) is 0 Å². The van der Waals surface area contributed by atoms with E-state index in [0.717, 1.165) is 6.42 Å². The van der Waals surface area contributed by atoms with Crippen molar-refractivity contribution in [1.82, 2.24) is 5.32 Å². The van der Waals surface area contributed by atoms with E-state index in [4.69, 9.17) is 18.6 Å².